The minimum atomic E-state index is -0.608. The first-order valence-corrected chi connectivity index (χ1v) is 7.83. The molecule has 8 nitrogen and oxygen atoms in total. The lowest BCUT2D eigenvalue weighted by atomic mass is 10.0. The Morgan fingerprint density at radius 2 is 1.96 bits per heavy atom. The summed E-state index contributed by atoms with van der Waals surface area (Å²) in [6.07, 6.45) is -0.638. The molecule has 24 heavy (non-hydrogen) atoms. The summed E-state index contributed by atoms with van der Waals surface area (Å²) in [7, 11) is 0. The SMILES string of the molecule is NC(=S)N/N=C1/CC(N2C(=O)c3ccccc3C2=O)C2COC1O2. The minimum absolute atomic E-state index is 0.0138. The zero-order valence-corrected chi connectivity index (χ0v) is 13.3. The second-order valence-corrected chi connectivity index (χ2v) is 6.16. The van der Waals surface area contributed by atoms with Crippen molar-refractivity contribution in [3.8, 4) is 0 Å². The summed E-state index contributed by atoms with van der Waals surface area (Å²) in [6, 6.07) is 6.28. The van der Waals surface area contributed by atoms with Crippen molar-refractivity contribution < 1.29 is 19.1 Å². The number of thiocarbonyl (C=S) groups is 1. The molecule has 3 atom stereocenters. The van der Waals surface area contributed by atoms with Gasteiger partial charge in [-0.05, 0) is 24.4 Å². The molecule has 2 fully saturated rings. The number of amides is 2. The number of rotatable bonds is 2. The summed E-state index contributed by atoms with van der Waals surface area (Å²) in [5, 5.41) is 4.10. The molecule has 3 unspecified atom stereocenters. The fourth-order valence-corrected chi connectivity index (χ4v) is 3.28. The Kier molecular flexibility index (Phi) is 3.56. The molecule has 2 amide bonds. The second kappa shape index (κ2) is 5.62. The van der Waals surface area contributed by atoms with Crippen molar-refractivity contribution >= 4 is 34.9 Å². The number of ether oxygens (including phenoxy) is 2. The van der Waals surface area contributed by atoms with Crippen LogP contribution in [0.4, 0.5) is 0 Å². The highest BCUT2D eigenvalue weighted by Gasteiger charge is 2.50. The van der Waals surface area contributed by atoms with E-state index in [-0.39, 0.29) is 29.6 Å². The zero-order chi connectivity index (χ0) is 16.8. The van der Waals surface area contributed by atoms with Gasteiger partial charge in [-0.1, -0.05) is 12.1 Å². The quantitative estimate of drug-likeness (QED) is 0.440. The molecule has 0 spiro atoms. The van der Waals surface area contributed by atoms with Gasteiger partial charge in [-0.2, -0.15) is 5.10 Å². The topological polar surface area (TPSA) is 106 Å². The van der Waals surface area contributed by atoms with Gasteiger partial charge >= 0.3 is 0 Å². The van der Waals surface area contributed by atoms with Crippen LogP contribution in [0.2, 0.25) is 0 Å². The van der Waals surface area contributed by atoms with E-state index in [0.717, 1.165) is 0 Å². The van der Waals surface area contributed by atoms with E-state index in [1.807, 2.05) is 0 Å². The summed E-state index contributed by atoms with van der Waals surface area (Å²) >= 11 is 4.73. The Morgan fingerprint density at radius 3 is 2.58 bits per heavy atom. The van der Waals surface area contributed by atoms with Crippen molar-refractivity contribution in [2.45, 2.75) is 24.9 Å². The molecular formula is C15H14N4O4S. The van der Waals surface area contributed by atoms with Gasteiger partial charge in [-0.3, -0.25) is 19.9 Å². The summed E-state index contributed by atoms with van der Waals surface area (Å²) in [4.78, 5) is 26.6. The Balaban J connectivity index is 1.65. The third-order valence-corrected chi connectivity index (χ3v) is 4.39. The number of hydrazone groups is 1. The fourth-order valence-electron chi connectivity index (χ4n) is 3.23. The van der Waals surface area contributed by atoms with Crippen LogP contribution in [0.15, 0.2) is 29.4 Å². The first kappa shape index (κ1) is 15.2. The van der Waals surface area contributed by atoms with Gasteiger partial charge < -0.3 is 15.2 Å². The molecule has 124 valence electrons. The van der Waals surface area contributed by atoms with Crippen LogP contribution in [0.3, 0.4) is 0 Å². The molecule has 1 aromatic carbocycles. The average Bonchev–Trinajstić information content (AvgIpc) is 3.10. The summed E-state index contributed by atoms with van der Waals surface area (Å²) < 4.78 is 11.3. The number of carbonyl (C=O) groups is 2. The van der Waals surface area contributed by atoms with Crippen LogP contribution in [-0.4, -0.2) is 52.6 Å². The molecule has 0 aliphatic carbocycles. The van der Waals surface area contributed by atoms with Crippen LogP contribution in [0.5, 0.6) is 0 Å². The molecule has 3 heterocycles. The predicted octanol–water partition coefficient (Wildman–Crippen LogP) is -0.0144. The number of imide groups is 1. The van der Waals surface area contributed by atoms with Gasteiger partial charge in [0.25, 0.3) is 11.8 Å². The molecule has 3 aliphatic heterocycles. The Bertz CT molecular complexity index is 745. The van der Waals surface area contributed by atoms with Crippen molar-refractivity contribution in [3.63, 3.8) is 0 Å². The van der Waals surface area contributed by atoms with E-state index >= 15 is 0 Å². The molecule has 9 heteroatoms. The molecule has 2 bridgehead atoms. The number of hydrogen-bond acceptors (Lipinski definition) is 6. The average molecular weight is 346 g/mol. The van der Waals surface area contributed by atoms with Crippen LogP contribution in [-0.2, 0) is 9.47 Å². The van der Waals surface area contributed by atoms with Crippen LogP contribution in [0.25, 0.3) is 0 Å². The highest BCUT2D eigenvalue weighted by molar-refractivity contribution is 7.80. The van der Waals surface area contributed by atoms with Crippen molar-refractivity contribution in [1.82, 2.24) is 10.3 Å². The molecule has 2 saturated heterocycles. The van der Waals surface area contributed by atoms with Gasteiger partial charge in [0.1, 0.15) is 6.10 Å². The third-order valence-electron chi connectivity index (χ3n) is 4.30. The normalized spacial score (nSPS) is 29.9. The Morgan fingerprint density at radius 1 is 1.29 bits per heavy atom. The number of benzene rings is 1. The molecule has 0 radical (unpaired) electrons. The fraction of sp³-hybridized carbons (Fsp3) is 0.333. The lowest BCUT2D eigenvalue weighted by molar-refractivity contribution is -0.0376. The van der Waals surface area contributed by atoms with Gasteiger partial charge in [-0.25, -0.2) is 0 Å². The van der Waals surface area contributed by atoms with Gasteiger partial charge in [0.2, 0.25) is 0 Å². The van der Waals surface area contributed by atoms with Crippen molar-refractivity contribution in [1.29, 1.82) is 0 Å². The summed E-state index contributed by atoms with van der Waals surface area (Å²) in [5.74, 6) is -0.646. The van der Waals surface area contributed by atoms with Crippen molar-refractivity contribution in [2.24, 2.45) is 10.8 Å². The van der Waals surface area contributed by atoms with Crippen LogP contribution < -0.4 is 11.2 Å². The standard InChI is InChI=1S/C15H14N4O4S/c16-15(24)18-17-9-5-10(11-6-22-14(9)23-11)19-12(20)7-3-1-2-4-8(7)13(19)21/h1-4,10-11,14H,5-6H2,(H3,16,18,24)/b17-9-. The van der Waals surface area contributed by atoms with E-state index in [1.54, 1.807) is 24.3 Å². The van der Waals surface area contributed by atoms with Crippen LogP contribution in [0, 0.1) is 0 Å². The molecule has 4 rings (SSSR count). The van der Waals surface area contributed by atoms with Gasteiger partial charge in [-0.15, -0.1) is 0 Å². The van der Waals surface area contributed by atoms with Crippen molar-refractivity contribution in [2.75, 3.05) is 6.61 Å². The molecule has 3 aliphatic rings. The maximum absolute atomic E-state index is 12.7. The Hall–Kier alpha value is -2.36. The first-order valence-electron chi connectivity index (χ1n) is 7.42. The van der Waals surface area contributed by atoms with E-state index in [0.29, 0.717) is 23.3 Å². The summed E-state index contributed by atoms with van der Waals surface area (Å²) in [6.45, 7) is 0.287. The second-order valence-electron chi connectivity index (χ2n) is 5.72. The van der Waals surface area contributed by atoms with Crippen molar-refractivity contribution in [3.05, 3.63) is 35.4 Å². The largest absolute Gasteiger partial charge is 0.375 e. The lowest BCUT2D eigenvalue weighted by Crippen LogP contribution is -2.52. The monoisotopic (exact) mass is 346 g/mol. The number of nitrogens with one attached hydrogen (secondary N) is 1. The van der Waals surface area contributed by atoms with E-state index in [1.165, 1.54) is 4.90 Å². The Labute approximate surface area is 142 Å². The lowest BCUT2D eigenvalue weighted by Gasteiger charge is -2.33. The highest BCUT2D eigenvalue weighted by atomic mass is 32.1. The molecular weight excluding hydrogens is 332 g/mol. The number of fused-ring (bicyclic) bond motifs is 3. The minimum Gasteiger partial charge on any atom is -0.375 e. The maximum atomic E-state index is 12.7. The maximum Gasteiger partial charge on any atom is 0.261 e. The predicted molar refractivity (Wildman–Crippen MR) is 87.3 cm³/mol. The van der Waals surface area contributed by atoms with Gasteiger partial charge in [0.05, 0.1) is 29.5 Å². The smallest absolute Gasteiger partial charge is 0.261 e. The zero-order valence-electron chi connectivity index (χ0n) is 12.5. The van der Waals surface area contributed by atoms with Crippen LogP contribution >= 0.6 is 12.2 Å². The van der Waals surface area contributed by atoms with E-state index in [9.17, 15) is 9.59 Å². The highest BCUT2D eigenvalue weighted by Crippen LogP contribution is 2.33. The summed E-state index contributed by atoms with van der Waals surface area (Å²) in [5.41, 5.74) is 9.20. The molecule has 0 aromatic heterocycles. The van der Waals surface area contributed by atoms with Gasteiger partial charge in [0.15, 0.2) is 11.4 Å². The molecule has 0 saturated carbocycles. The molecule has 3 N–H and O–H groups in total. The van der Waals surface area contributed by atoms with E-state index < -0.39 is 12.3 Å². The van der Waals surface area contributed by atoms with E-state index in [4.69, 9.17) is 27.4 Å². The van der Waals surface area contributed by atoms with Gasteiger partial charge in [0, 0.05) is 6.42 Å². The number of carbonyl (C=O) groups excluding carboxylic acids is 2. The number of nitrogens with two attached hydrogens (primary N) is 1. The number of nitrogens with zero attached hydrogens (tertiary/aromatic N) is 2. The first-order chi connectivity index (χ1) is 11.6. The van der Waals surface area contributed by atoms with Crippen LogP contribution in [0.1, 0.15) is 27.1 Å². The van der Waals surface area contributed by atoms with E-state index in [2.05, 4.69) is 10.5 Å². The third kappa shape index (κ3) is 2.29. The molecule has 1 aromatic rings. The number of hydrogen-bond donors (Lipinski definition) is 2.